The van der Waals surface area contributed by atoms with Crippen LogP contribution in [0.5, 0.6) is 0 Å². The van der Waals surface area contributed by atoms with Gasteiger partial charge in [0.15, 0.2) is 0 Å². The summed E-state index contributed by atoms with van der Waals surface area (Å²) in [7, 11) is 0. The van der Waals surface area contributed by atoms with Gasteiger partial charge in [-0.05, 0) is 19.3 Å². The number of terminal acetylenes is 1. The number of rotatable bonds is 0. The minimum atomic E-state index is -0.810. The highest BCUT2D eigenvalue weighted by atomic mass is 32.2. The van der Waals surface area contributed by atoms with Gasteiger partial charge in [-0.15, -0.1) is 6.42 Å². The third kappa shape index (κ3) is 1.68. The normalized spacial score (nSPS) is 47.9. The fraction of sp³-hybridized carbons (Fsp3) is 0.833. The van der Waals surface area contributed by atoms with Crippen LogP contribution in [0.4, 0.5) is 0 Å². The smallest absolute Gasteiger partial charge is 0.130 e. The van der Waals surface area contributed by atoms with Crippen molar-refractivity contribution in [3.8, 4) is 12.3 Å². The average molecular weight is 210 g/mol. The molecular weight excluding hydrogens is 192 g/mol. The van der Waals surface area contributed by atoms with Crippen LogP contribution < -0.4 is 0 Å². The zero-order valence-corrected chi connectivity index (χ0v) is 9.52. The van der Waals surface area contributed by atoms with Gasteiger partial charge in [0.1, 0.15) is 5.60 Å². The highest BCUT2D eigenvalue weighted by Crippen LogP contribution is 2.48. The first kappa shape index (κ1) is 10.4. The molecule has 0 bridgehead atoms. The molecule has 0 aromatic carbocycles. The fourth-order valence-corrected chi connectivity index (χ4v) is 4.71. The molecule has 0 amide bonds. The molecule has 0 spiro atoms. The first-order valence-electron chi connectivity index (χ1n) is 5.51. The van der Waals surface area contributed by atoms with Crippen LogP contribution in [0.25, 0.3) is 0 Å². The Morgan fingerprint density at radius 1 is 1.43 bits per heavy atom. The molecule has 2 rings (SSSR count). The zero-order chi connectivity index (χ0) is 10.2. The predicted molar refractivity (Wildman–Crippen MR) is 61.2 cm³/mol. The van der Waals surface area contributed by atoms with Crippen LogP contribution >= 0.6 is 11.8 Å². The Morgan fingerprint density at radius 3 is 2.86 bits per heavy atom. The summed E-state index contributed by atoms with van der Waals surface area (Å²) in [6.45, 7) is 2.18. The van der Waals surface area contributed by atoms with Crippen LogP contribution in [0, 0.1) is 18.3 Å². The minimum Gasteiger partial charge on any atom is -0.377 e. The molecular formula is C12H18OS. The Balaban J connectivity index is 2.20. The highest BCUT2D eigenvalue weighted by Gasteiger charge is 2.46. The standard InChI is InChI=1S/C12H18OS/c1-3-12(13)8-9(2)14-11-7-5-4-6-10(11)12/h1,9-11,13H,4-8H2,2H3/t9-,10+,11-,12+/m0/s1. The Bertz CT molecular complexity index is 258. The Kier molecular flexibility index (Phi) is 2.81. The Hall–Kier alpha value is -0.130. The van der Waals surface area contributed by atoms with Crippen molar-refractivity contribution in [1.29, 1.82) is 0 Å². The van der Waals surface area contributed by atoms with E-state index in [2.05, 4.69) is 12.8 Å². The van der Waals surface area contributed by atoms with Gasteiger partial charge >= 0.3 is 0 Å². The van der Waals surface area contributed by atoms with Gasteiger partial charge in [-0.2, -0.15) is 11.8 Å². The molecule has 0 radical (unpaired) electrons. The summed E-state index contributed by atoms with van der Waals surface area (Å²) in [5, 5.41) is 11.5. The van der Waals surface area contributed by atoms with E-state index in [1.807, 2.05) is 11.8 Å². The first-order valence-corrected chi connectivity index (χ1v) is 6.45. The summed E-state index contributed by atoms with van der Waals surface area (Å²) in [6.07, 6.45) is 11.2. The van der Waals surface area contributed by atoms with E-state index in [0.29, 0.717) is 16.4 Å². The van der Waals surface area contributed by atoms with Gasteiger partial charge in [-0.1, -0.05) is 25.7 Å². The summed E-state index contributed by atoms with van der Waals surface area (Å²) in [4.78, 5) is 0. The summed E-state index contributed by atoms with van der Waals surface area (Å²) >= 11 is 2.03. The van der Waals surface area contributed by atoms with Crippen molar-refractivity contribution < 1.29 is 5.11 Å². The maximum atomic E-state index is 10.4. The molecule has 0 unspecified atom stereocenters. The van der Waals surface area contributed by atoms with Gasteiger partial charge in [-0.25, -0.2) is 0 Å². The van der Waals surface area contributed by atoms with Crippen molar-refractivity contribution in [2.24, 2.45) is 5.92 Å². The van der Waals surface area contributed by atoms with Crippen molar-refractivity contribution in [3.63, 3.8) is 0 Å². The van der Waals surface area contributed by atoms with Crippen LogP contribution in [0.2, 0.25) is 0 Å². The second-order valence-corrected chi connectivity index (χ2v) is 6.33. The SMILES string of the molecule is C#C[C@@]1(O)C[C@H](C)S[C@H]2CCCC[C@H]21. The third-order valence-corrected chi connectivity index (χ3v) is 5.12. The number of hydrogen-bond donors (Lipinski definition) is 1. The van der Waals surface area contributed by atoms with Gasteiger partial charge in [0.25, 0.3) is 0 Å². The van der Waals surface area contributed by atoms with E-state index in [1.54, 1.807) is 0 Å². The maximum absolute atomic E-state index is 10.4. The van der Waals surface area contributed by atoms with E-state index in [1.165, 1.54) is 19.3 Å². The van der Waals surface area contributed by atoms with E-state index in [4.69, 9.17) is 6.42 Å². The van der Waals surface area contributed by atoms with Gasteiger partial charge < -0.3 is 5.11 Å². The van der Waals surface area contributed by atoms with Gasteiger partial charge in [0.2, 0.25) is 0 Å². The molecule has 14 heavy (non-hydrogen) atoms. The van der Waals surface area contributed by atoms with Crippen molar-refractivity contribution in [2.45, 2.75) is 55.1 Å². The maximum Gasteiger partial charge on any atom is 0.130 e. The number of hydrogen-bond acceptors (Lipinski definition) is 2. The van der Waals surface area contributed by atoms with Crippen LogP contribution in [-0.4, -0.2) is 21.2 Å². The number of aliphatic hydroxyl groups is 1. The number of thioether (sulfide) groups is 1. The molecule has 78 valence electrons. The molecule has 2 fully saturated rings. The topological polar surface area (TPSA) is 20.2 Å². The van der Waals surface area contributed by atoms with Crippen LogP contribution in [0.15, 0.2) is 0 Å². The lowest BCUT2D eigenvalue weighted by Gasteiger charge is -2.46. The molecule has 1 nitrogen and oxygen atoms in total. The Labute approximate surface area is 90.7 Å². The lowest BCUT2D eigenvalue weighted by Crippen LogP contribution is -2.49. The van der Waals surface area contributed by atoms with E-state index < -0.39 is 5.60 Å². The molecule has 1 heterocycles. The zero-order valence-electron chi connectivity index (χ0n) is 8.70. The van der Waals surface area contributed by atoms with Crippen molar-refractivity contribution >= 4 is 11.8 Å². The molecule has 0 aromatic rings. The fourth-order valence-electron chi connectivity index (χ4n) is 2.91. The molecule has 4 atom stereocenters. The van der Waals surface area contributed by atoms with E-state index in [9.17, 15) is 5.11 Å². The van der Waals surface area contributed by atoms with E-state index >= 15 is 0 Å². The van der Waals surface area contributed by atoms with Crippen molar-refractivity contribution in [3.05, 3.63) is 0 Å². The molecule has 1 aliphatic carbocycles. The molecule has 1 saturated heterocycles. The molecule has 1 aliphatic heterocycles. The largest absolute Gasteiger partial charge is 0.377 e. The monoisotopic (exact) mass is 210 g/mol. The molecule has 2 aliphatic rings. The average Bonchev–Trinajstić information content (AvgIpc) is 2.17. The molecule has 2 heteroatoms. The first-order chi connectivity index (χ1) is 6.65. The Morgan fingerprint density at radius 2 is 2.14 bits per heavy atom. The van der Waals surface area contributed by atoms with Crippen LogP contribution in [0.3, 0.4) is 0 Å². The predicted octanol–water partition coefficient (Wildman–Crippen LogP) is 2.43. The summed E-state index contributed by atoms with van der Waals surface area (Å²) in [5.74, 6) is 3.00. The summed E-state index contributed by atoms with van der Waals surface area (Å²) < 4.78 is 0. The van der Waals surface area contributed by atoms with Crippen molar-refractivity contribution in [1.82, 2.24) is 0 Å². The summed E-state index contributed by atoms with van der Waals surface area (Å²) in [6, 6.07) is 0. The van der Waals surface area contributed by atoms with Crippen LogP contribution in [-0.2, 0) is 0 Å². The van der Waals surface area contributed by atoms with E-state index in [0.717, 1.165) is 12.8 Å². The quantitative estimate of drug-likeness (QED) is 0.620. The van der Waals surface area contributed by atoms with Gasteiger partial charge in [-0.3, -0.25) is 0 Å². The highest BCUT2D eigenvalue weighted by molar-refractivity contribution is 8.00. The lowest BCUT2D eigenvalue weighted by molar-refractivity contribution is 0.0108. The molecule has 1 saturated carbocycles. The van der Waals surface area contributed by atoms with Gasteiger partial charge in [0, 0.05) is 16.4 Å². The summed E-state index contributed by atoms with van der Waals surface area (Å²) in [5.41, 5.74) is -0.810. The molecule has 1 N–H and O–H groups in total. The van der Waals surface area contributed by atoms with Gasteiger partial charge in [0.05, 0.1) is 0 Å². The van der Waals surface area contributed by atoms with Crippen molar-refractivity contribution in [2.75, 3.05) is 0 Å². The lowest BCUT2D eigenvalue weighted by atomic mass is 9.74. The molecule has 0 aromatic heterocycles. The minimum absolute atomic E-state index is 0.349. The third-order valence-electron chi connectivity index (χ3n) is 3.57. The van der Waals surface area contributed by atoms with Crippen LogP contribution in [0.1, 0.15) is 39.0 Å². The second-order valence-electron chi connectivity index (χ2n) is 4.65. The second kappa shape index (κ2) is 3.79. The number of fused-ring (bicyclic) bond motifs is 1. The van der Waals surface area contributed by atoms with E-state index in [-0.39, 0.29) is 0 Å².